The highest BCUT2D eigenvalue weighted by atomic mass is 16.5. The van der Waals surface area contributed by atoms with Gasteiger partial charge in [-0.2, -0.15) is 5.10 Å². The Labute approximate surface area is 118 Å². The minimum Gasteiger partial charge on any atom is -0.368 e. The molecule has 0 spiro atoms. The molecule has 0 bridgehead atoms. The number of aryl methyl sites for hydroxylation is 1. The standard InChI is InChI=1S/C14H22N4O2/c1-14(2)8-18(10-4-3-5-11(10)20-14)13(19)7-6-12-15-9-16-17-12/h9-11H,3-8H2,1-2H3,(H,15,16,17)/t10-,11-/m1/s1. The Morgan fingerprint density at radius 3 is 3.15 bits per heavy atom. The molecule has 2 aliphatic rings. The number of hydrogen-bond acceptors (Lipinski definition) is 4. The van der Waals surface area contributed by atoms with Gasteiger partial charge < -0.3 is 9.64 Å². The number of nitrogens with zero attached hydrogens (tertiary/aromatic N) is 3. The molecule has 2 fully saturated rings. The number of carbonyl (C=O) groups excluding carboxylic acids is 1. The van der Waals surface area contributed by atoms with E-state index in [0.717, 1.165) is 25.1 Å². The second-order valence-electron chi connectivity index (χ2n) is 6.37. The number of fused-ring (bicyclic) bond motifs is 1. The van der Waals surface area contributed by atoms with Crippen LogP contribution < -0.4 is 0 Å². The minimum atomic E-state index is -0.243. The molecule has 20 heavy (non-hydrogen) atoms. The highest BCUT2D eigenvalue weighted by Crippen LogP contribution is 2.35. The van der Waals surface area contributed by atoms with Crippen LogP contribution in [0.3, 0.4) is 0 Å². The van der Waals surface area contributed by atoms with Crippen molar-refractivity contribution in [3.8, 4) is 0 Å². The lowest BCUT2D eigenvalue weighted by Crippen LogP contribution is -2.58. The first kappa shape index (κ1) is 13.5. The molecular weight excluding hydrogens is 256 g/mol. The molecule has 0 aromatic carbocycles. The van der Waals surface area contributed by atoms with Crippen molar-refractivity contribution < 1.29 is 9.53 Å². The average molecular weight is 278 g/mol. The van der Waals surface area contributed by atoms with Crippen LogP contribution in [0, 0.1) is 0 Å². The summed E-state index contributed by atoms with van der Waals surface area (Å²) in [6.45, 7) is 4.82. The third kappa shape index (κ3) is 2.70. The lowest BCUT2D eigenvalue weighted by Gasteiger charge is -2.46. The van der Waals surface area contributed by atoms with Crippen LogP contribution in [0.2, 0.25) is 0 Å². The molecule has 1 aromatic heterocycles. The van der Waals surface area contributed by atoms with Crippen LogP contribution in [0.5, 0.6) is 0 Å². The predicted octanol–water partition coefficient (Wildman–Crippen LogP) is 1.30. The quantitative estimate of drug-likeness (QED) is 0.904. The number of amides is 1. The van der Waals surface area contributed by atoms with Crippen LogP contribution >= 0.6 is 0 Å². The van der Waals surface area contributed by atoms with Gasteiger partial charge >= 0.3 is 0 Å². The first-order valence-electron chi connectivity index (χ1n) is 7.37. The van der Waals surface area contributed by atoms with Crippen molar-refractivity contribution in [1.82, 2.24) is 20.1 Å². The number of rotatable bonds is 3. The monoisotopic (exact) mass is 278 g/mol. The fraction of sp³-hybridized carbons (Fsp3) is 0.786. The van der Waals surface area contributed by atoms with E-state index in [4.69, 9.17) is 4.74 Å². The molecule has 110 valence electrons. The van der Waals surface area contributed by atoms with E-state index in [1.54, 1.807) is 0 Å². The van der Waals surface area contributed by atoms with Gasteiger partial charge in [-0.15, -0.1) is 0 Å². The fourth-order valence-corrected chi connectivity index (χ4v) is 3.37. The van der Waals surface area contributed by atoms with E-state index in [2.05, 4.69) is 29.0 Å². The highest BCUT2D eigenvalue weighted by molar-refractivity contribution is 5.77. The third-order valence-corrected chi connectivity index (χ3v) is 4.20. The summed E-state index contributed by atoms with van der Waals surface area (Å²) in [7, 11) is 0. The van der Waals surface area contributed by atoms with Gasteiger partial charge in [0.25, 0.3) is 0 Å². The molecule has 1 aromatic rings. The molecule has 1 aliphatic carbocycles. The molecule has 6 nitrogen and oxygen atoms in total. The highest BCUT2D eigenvalue weighted by Gasteiger charge is 2.44. The minimum absolute atomic E-state index is 0.203. The lowest BCUT2D eigenvalue weighted by atomic mass is 10.00. The number of morpholine rings is 1. The summed E-state index contributed by atoms with van der Waals surface area (Å²) in [5, 5.41) is 6.61. The zero-order valence-corrected chi connectivity index (χ0v) is 12.1. The molecule has 2 heterocycles. The van der Waals surface area contributed by atoms with E-state index >= 15 is 0 Å². The van der Waals surface area contributed by atoms with Crippen molar-refractivity contribution in [3.63, 3.8) is 0 Å². The number of carbonyl (C=O) groups is 1. The average Bonchev–Trinajstić information content (AvgIpc) is 3.04. The summed E-state index contributed by atoms with van der Waals surface area (Å²) >= 11 is 0. The molecule has 1 saturated carbocycles. The smallest absolute Gasteiger partial charge is 0.223 e. The normalized spacial score (nSPS) is 28.4. The van der Waals surface area contributed by atoms with Crippen LogP contribution in [0.25, 0.3) is 0 Å². The Morgan fingerprint density at radius 1 is 1.55 bits per heavy atom. The van der Waals surface area contributed by atoms with E-state index in [9.17, 15) is 4.79 Å². The van der Waals surface area contributed by atoms with E-state index in [-0.39, 0.29) is 23.7 Å². The SMILES string of the molecule is CC1(C)CN(C(=O)CCc2ncn[nH]2)[C@@H]2CCC[C@H]2O1. The van der Waals surface area contributed by atoms with Gasteiger partial charge in [0, 0.05) is 19.4 Å². The summed E-state index contributed by atoms with van der Waals surface area (Å²) < 4.78 is 6.11. The maximum Gasteiger partial charge on any atom is 0.223 e. The van der Waals surface area contributed by atoms with Crippen LogP contribution in [-0.4, -0.2) is 50.3 Å². The van der Waals surface area contributed by atoms with Gasteiger partial charge in [-0.05, 0) is 33.1 Å². The van der Waals surface area contributed by atoms with Crippen LogP contribution in [-0.2, 0) is 16.0 Å². The summed E-state index contributed by atoms with van der Waals surface area (Å²) in [6.07, 6.45) is 6.08. The summed E-state index contributed by atoms with van der Waals surface area (Å²) in [6, 6.07) is 0.269. The van der Waals surface area contributed by atoms with Gasteiger partial charge in [0.2, 0.25) is 5.91 Å². The zero-order chi connectivity index (χ0) is 14.2. The molecular formula is C14H22N4O2. The molecule has 1 saturated heterocycles. The number of ether oxygens (including phenoxy) is 1. The van der Waals surface area contributed by atoms with Crippen LogP contribution in [0.4, 0.5) is 0 Å². The molecule has 1 amide bonds. The Bertz CT molecular complexity index is 472. The number of aromatic nitrogens is 3. The van der Waals surface area contributed by atoms with Gasteiger partial charge in [0.1, 0.15) is 12.2 Å². The van der Waals surface area contributed by atoms with Gasteiger partial charge in [0.05, 0.1) is 17.7 Å². The second kappa shape index (κ2) is 5.16. The molecule has 2 atom stereocenters. The van der Waals surface area contributed by atoms with E-state index < -0.39 is 0 Å². The van der Waals surface area contributed by atoms with Gasteiger partial charge in [-0.25, -0.2) is 4.98 Å². The van der Waals surface area contributed by atoms with E-state index in [1.165, 1.54) is 6.33 Å². The maximum absolute atomic E-state index is 12.5. The van der Waals surface area contributed by atoms with Gasteiger partial charge in [-0.1, -0.05) is 0 Å². The van der Waals surface area contributed by atoms with Crippen molar-refractivity contribution in [2.75, 3.05) is 6.54 Å². The fourth-order valence-electron chi connectivity index (χ4n) is 3.37. The topological polar surface area (TPSA) is 71.1 Å². The van der Waals surface area contributed by atoms with E-state index in [1.807, 2.05) is 4.90 Å². The van der Waals surface area contributed by atoms with Crippen molar-refractivity contribution in [2.45, 2.75) is 63.7 Å². The Morgan fingerprint density at radius 2 is 2.40 bits per heavy atom. The molecule has 0 unspecified atom stereocenters. The molecule has 1 aliphatic heterocycles. The van der Waals surface area contributed by atoms with Gasteiger partial charge in [-0.3, -0.25) is 9.89 Å². The first-order chi connectivity index (χ1) is 9.55. The Balaban J connectivity index is 1.65. The van der Waals surface area contributed by atoms with E-state index in [0.29, 0.717) is 19.4 Å². The summed E-state index contributed by atoms with van der Waals surface area (Å²) in [5.74, 6) is 0.975. The van der Waals surface area contributed by atoms with Crippen molar-refractivity contribution in [1.29, 1.82) is 0 Å². The predicted molar refractivity (Wildman–Crippen MR) is 73.0 cm³/mol. The first-order valence-corrected chi connectivity index (χ1v) is 7.37. The number of hydrogen-bond donors (Lipinski definition) is 1. The molecule has 6 heteroatoms. The molecule has 3 rings (SSSR count). The molecule has 1 N–H and O–H groups in total. The van der Waals surface area contributed by atoms with Gasteiger partial charge in [0.15, 0.2) is 0 Å². The second-order valence-corrected chi connectivity index (χ2v) is 6.37. The summed E-state index contributed by atoms with van der Waals surface area (Å²) in [5.41, 5.74) is -0.243. The summed E-state index contributed by atoms with van der Waals surface area (Å²) in [4.78, 5) is 18.6. The van der Waals surface area contributed by atoms with Crippen LogP contribution in [0.15, 0.2) is 6.33 Å². The zero-order valence-electron chi connectivity index (χ0n) is 12.1. The number of H-pyrrole nitrogens is 1. The third-order valence-electron chi connectivity index (χ3n) is 4.20. The largest absolute Gasteiger partial charge is 0.368 e. The number of aromatic amines is 1. The lowest BCUT2D eigenvalue weighted by molar-refractivity contribution is -0.172. The number of nitrogens with one attached hydrogen (secondary N) is 1. The van der Waals surface area contributed by atoms with Crippen molar-refractivity contribution in [3.05, 3.63) is 12.2 Å². The Kier molecular flexibility index (Phi) is 3.50. The van der Waals surface area contributed by atoms with Crippen LogP contribution in [0.1, 0.15) is 45.4 Å². The van der Waals surface area contributed by atoms with Crippen molar-refractivity contribution >= 4 is 5.91 Å². The maximum atomic E-state index is 12.5. The molecule has 0 radical (unpaired) electrons. The Hall–Kier alpha value is -1.43. The van der Waals surface area contributed by atoms with Crippen molar-refractivity contribution in [2.24, 2.45) is 0 Å².